The molecule has 1 aromatic carbocycles. The van der Waals surface area contributed by atoms with E-state index < -0.39 is 0 Å². The van der Waals surface area contributed by atoms with E-state index in [1.54, 1.807) is 6.20 Å². The maximum Gasteiger partial charge on any atom is 0.256 e. The molecule has 0 aliphatic heterocycles. The standard InChI is InChI=1S/C13H14Br2N2O/c1-3-17(4-2)13(18)9-7-16-12-6-11(15)10(14)5-8(9)12/h5-7,16H,3-4H2,1-2H3. The number of amides is 1. The molecule has 0 bridgehead atoms. The topological polar surface area (TPSA) is 36.1 Å². The summed E-state index contributed by atoms with van der Waals surface area (Å²) in [6, 6.07) is 3.94. The van der Waals surface area contributed by atoms with Gasteiger partial charge in [0.2, 0.25) is 0 Å². The van der Waals surface area contributed by atoms with Crippen LogP contribution in [0.1, 0.15) is 24.2 Å². The molecule has 5 heteroatoms. The van der Waals surface area contributed by atoms with E-state index in [9.17, 15) is 4.79 Å². The minimum atomic E-state index is 0.0699. The Bertz CT molecular complexity index is 588. The van der Waals surface area contributed by atoms with Gasteiger partial charge in [0.25, 0.3) is 5.91 Å². The Kier molecular flexibility index (Phi) is 4.12. The highest BCUT2D eigenvalue weighted by atomic mass is 79.9. The van der Waals surface area contributed by atoms with E-state index in [1.807, 2.05) is 30.9 Å². The second-order valence-electron chi connectivity index (χ2n) is 3.99. The van der Waals surface area contributed by atoms with Gasteiger partial charge in [-0.15, -0.1) is 0 Å². The number of nitrogens with zero attached hydrogens (tertiary/aromatic N) is 1. The molecular formula is C13H14Br2N2O. The van der Waals surface area contributed by atoms with Crippen LogP contribution in [-0.4, -0.2) is 28.9 Å². The third kappa shape index (κ3) is 2.34. The number of carbonyl (C=O) groups is 1. The third-order valence-electron chi connectivity index (χ3n) is 3.00. The summed E-state index contributed by atoms with van der Waals surface area (Å²) in [6.45, 7) is 5.42. The molecule has 1 amide bonds. The van der Waals surface area contributed by atoms with Crippen molar-refractivity contribution < 1.29 is 4.79 Å². The summed E-state index contributed by atoms with van der Waals surface area (Å²) in [5.74, 6) is 0.0699. The predicted octanol–water partition coefficient (Wildman–Crippen LogP) is 4.17. The Hall–Kier alpha value is -0.810. The Morgan fingerprint density at radius 3 is 2.44 bits per heavy atom. The van der Waals surface area contributed by atoms with Gasteiger partial charge in [0.05, 0.1) is 5.56 Å². The van der Waals surface area contributed by atoms with Crippen molar-refractivity contribution >= 4 is 48.7 Å². The first-order chi connectivity index (χ1) is 8.58. The van der Waals surface area contributed by atoms with Gasteiger partial charge in [-0.1, -0.05) is 0 Å². The monoisotopic (exact) mass is 372 g/mol. The number of H-pyrrole nitrogens is 1. The molecular weight excluding hydrogens is 360 g/mol. The average Bonchev–Trinajstić information content (AvgIpc) is 2.74. The maximum absolute atomic E-state index is 12.4. The van der Waals surface area contributed by atoms with Crippen molar-refractivity contribution in [3.05, 3.63) is 32.8 Å². The minimum absolute atomic E-state index is 0.0699. The van der Waals surface area contributed by atoms with Crippen molar-refractivity contribution in [2.45, 2.75) is 13.8 Å². The summed E-state index contributed by atoms with van der Waals surface area (Å²) in [6.07, 6.45) is 1.78. The van der Waals surface area contributed by atoms with Crippen molar-refractivity contribution in [1.82, 2.24) is 9.88 Å². The van der Waals surface area contributed by atoms with Gasteiger partial charge >= 0.3 is 0 Å². The number of aromatic nitrogens is 1. The van der Waals surface area contributed by atoms with Crippen LogP contribution in [-0.2, 0) is 0 Å². The van der Waals surface area contributed by atoms with Gasteiger partial charge in [0.1, 0.15) is 0 Å². The van der Waals surface area contributed by atoms with Crippen LogP contribution in [0.4, 0.5) is 0 Å². The van der Waals surface area contributed by atoms with E-state index in [4.69, 9.17) is 0 Å². The summed E-state index contributed by atoms with van der Waals surface area (Å²) in [7, 11) is 0. The molecule has 0 unspecified atom stereocenters. The summed E-state index contributed by atoms with van der Waals surface area (Å²) in [4.78, 5) is 17.3. The zero-order chi connectivity index (χ0) is 13.3. The van der Waals surface area contributed by atoms with E-state index in [2.05, 4.69) is 36.8 Å². The van der Waals surface area contributed by atoms with E-state index >= 15 is 0 Å². The number of hydrogen-bond acceptors (Lipinski definition) is 1. The summed E-state index contributed by atoms with van der Waals surface area (Å²) in [5, 5.41) is 0.946. The molecule has 0 spiro atoms. The summed E-state index contributed by atoms with van der Waals surface area (Å²) in [5.41, 5.74) is 1.68. The lowest BCUT2D eigenvalue weighted by Crippen LogP contribution is -2.30. The van der Waals surface area contributed by atoms with Crippen LogP contribution in [0.3, 0.4) is 0 Å². The van der Waals surface area contributed by atoms with Crippen molar-refractivity contribution in [2.24, 2.45) is 0 Å². The van der Waals surface area contributed by atoms with Gasteiger partial charge in [-0.25, -0.2) is 0 Å². The Labute approximate surface area is 123 Å². The lowest BCUT2D eigenvalue weighted by molar-refractivity contribution is 0.0775. The average molecular weight is 374 g/mol. The molecule has 0 atom stereocenters. The fourth-order valence-electron chi connectivity index (χ4n) is 1.97. The molecule has 0 aliphatic rings. The molecule has 2 rings (SSSR count). The second kappa shape index (κ2) is 5.45. The predicted molar refractivity (Wildman–Crippen MR) is 81.0 cm³/mol. The largest absolute Gasteiger partial charge is 0.360 e. The first-order valence-electron chi connectivity index (χ1n) is 5.83. The lowest BCUT2D eigenvalue weighted by Gasteiger charge is -2.18. The molecule has 18 heavy (non-hydrogen) atoms. The minimum Gasteiger partial charge on any atom is -0.360 e. The molecule has 3 nitrogen and oxygen atoms in total. The molecule has 0 aliphatic carbocycles. The fraction of sp³-hybridized carbons (Fsp3) is 0.308. The normalized spacial score (nSPS) is 10.9. The van der Waals surface area contributed by atoms with Crippen LogP contribution in [0.5, 0.6) is 0 Å². The quantitative estimate of drug-likeness (QED) is 0.860. The number of aromatic amines is 1. The zero-order valence-electron chi connectivity index (χ0n) is 10.3. The van der Waals surface area contributed by atoms with E-state index in [0.717, 1.165) is 38.5 Å². The Morgan fingerprint density at radius 1 is 1.22 bits per heavy atom. The SMILES string of the molecule is CCN(CC)C(=O)c1c[nH]c2cc(Br)c(Br)cc12. The van der Waals surface area contributed by atoms with Crippen LogP contribution in [0, 0.1) is 0 Å². The van der Waals surface area contributed by atoms with Crippen LogP contribution >= 0.6 is 31.9 Å². The molecule has 96 valence electrons. The third-order valence-corrected chi connectivity index (χ3v) is 4.85. The number of rotatable bonds is 3. The van der Waals surface area contributed by atoms with Crippen molar-refractivity contribution in [3.8, 4) is 0 Å². The van der Waals surface area contributed by atoms with Crippen LogP contribution in [0.25, 0.3) is 10.9 Å². The van der Waals surface area contributed by atoms with Crippen LogP contribution in [0.2, 0.25) is 0 Å². The number of nitrogens with one attached hydrogen (secondary N) is 1. The number of carbonyl (C=O) groups excluding carboxylic acids is 1. The molecule has 0 saturated carbocycles. The number of fused-ring (bicyclic) bond motifs is 1. The molecule has 1 aromatic heterocycles. The fourth-order valence-corrected chi connectivity index (χ4v) is 2.66. The zero-order valence-corrected chi connectivity index (χ0v) is 13.4. The van der Waals surface area contributed by atoms with Gasteiger partial charge in [-0.3, -0.25) is 4.79 Å². The smallest absolute Gasteiger partial charge is 0.256 e. The highest BCUT2D eigenvalue weighted by molar-refractivity contribution is 9.13. The highest BCUT2D eigenvalue weighted by Gasteiger charge is 2.17. The van der Waals surface area contributed by atoms with E-state index in [-0.39, 0.29) is 5.91 Å². The lowest BCUT2D eigenvalue weighted by atomic mass is 10.1. The van der Waals surface area contributed by atoms with Crippen molar-refractivity contribution in [3.63, 3.8) is 0 Å². The highest BCUT2D eigenvalue weighted by Crippen LogP contribution is 2.30. The van der Waals surface area contributed by atoms with Gasteiger partial charge in [0, 0.05) is 39.1 Å². The van der Waals surface area contributed by atoms with Crippen LogP contribution < -0.4 is 0 Å². The van der Waals surface area contributed by atoms with Gasteiger partial charge in [-0.2, -0.15) is 0 Å². The van der Waals surface area contributed by atoms with Gasteiger partial charge < -0.3 is 9.88 Å². The molecule has 2 aromatic rings. The summed E-state index contributed by atoms with van der Waals surface area (Å²) < 4.78 is 1.92. The molecule has 0 saturated heterocycles. The van der Waals surface area contributed by atoms with Gasteiger partial charge in [-0.05, 0) is 57.8 Å². The molecule has 0 fully saturated rings. The first-order valence-corrected chi connectivity index (χ1v) is 7.42. The molecule has 1 heterocycles. The second-order valence-corrected chi connectivity index (χ2v) is 5.70. The number of benzene rings is 1. The number of hydrogen-bond donors (Lipinski definition) is 1. The maximum atomic E-state index is 12.4. The summed E-state index contributed by atoms with van der Waals surface area (Å²) >= 11 is 6.93. The van der Waals surface area contributed by atoms with E-state index in [1.165, 1.54) is 0 Å². The molecule has 1 N–H and O–H groups in total. The Balaban J connectivity index is 2.52. The Morgan fingerprint density at radius 2 is 1.83 bits per heavy atom. The van der Waals surface area contributed by atoms with Crippen molar-refractivity contribution in [1.29, 1.82) is 0 Å². The number of halogens is 2. The molecule has 0 radical (unpaired) electrons. The van der Waals surface area contributed by atoms with Gasteiger partial charge in [0.15, 0.2) is 0 Å². The van der Waals surface area contributed by atoms with Crippen molar-refractivity contribution in [2.75, 3.05) is 13.1 Å². The van der Waals surface area contributed by atoms with Crippen LogP contribution in [0.15, 0.2) is 27.3 Å². The first kappa shape index (κ1) is 13.6. The van der Waals surface area contributed by atoms with E-state index in [0.29, 0.717) is 0 Å².